The molecule has 4 aromatic rings. The number of rotatable bonds is 3. The number of piperidine rings is 1. The summed E-state index contributed by atoms with van der Waals surface area (Å²) in [5.41, 5.74) is 0.623. The minimum atomic E-state index is -4.57. The van der Waals surface area contributed by atoms with Crippen LogP contribution in [0.3, 0.4) is 0 Å². The Balaban J connectivity index is 0.00000259. The van der Waals surface area contributed by atoms with Crippen molar-refractivity contribution in [2.75, 3.05) is 13.1 Å². The van der Waals surface area contributed by atoms with Crippen LogP contribution < -0.4 is 10.9 Å². The first-order valence-electron chi connectivity index (χ1n) is 10.2. The van der Waals surface area contributed by atoms with Crippen molar-refractivity contribution in [3.8, 4) is 22.8 Å². The van der Waals surface area contributed by atoms with E-state index in [1.54, 1.807) is 17.5 Å². The number of fused-ring (bicyclic) bond motifs is 1. The third-order valence-electron chi connectivity index (χ3n) is 5.67. The Bertz CT molecular complexity index is 1350. The van der Waals surface area contributed by atoms with Crippen LogP contribution in [0.15, 0.2) is 39.8 Å². The van der Waals surface area contributed by atoms with Crippen molar-refractivity contribution >= 4 is 18.1 Å². The fourth-order valence-electron chi connectivity index (χ4n) is 4.11. The fraction of sp³-hybridized carbons (Fsp3) is 0.333. The number of nitrogens with zero attached hydrogens (tertiary/aromatic N) is 4. The molecule has 0 spiro atoms. The number of benzene rings is 1. The third kappa shape index (κ3) is 4.25. The third-order valence-corrected chi connectivity index (χ3v) is 5.67. The lowest BCUT2D eigenvalue weighted by Crippen LogP contribution is -2.28. The van der Waals surface area contributed by atoms with Gasteiger partial charge in [0.2, 0.25) is 5.82 Å². The molecule has 1 aliphatic rings. The number of alkyl halides is 3. The van der Waals surface area contributed by atoms with Gasteiger partial charge in [0.05, 0.1) is 17.5 Å². The zero-order valence-electron chi connectivity index (χ0n) is 17.4. The highest BCUT2D eigenvalue weighted by Gasteiger charge is 2.35. The van der Waals surface area contributed by atoms with E-state index in [0.717, 1.165) is 37.7 Å². The van der Waals surface area contributed by atoms with Crippen LogP contribution in [-0.4, -0.2) is 37.8 Å². The van der Waals surface area contributed by atoms with Gasteiger partial charge < -0.3 is 14.8 Å². The molecule has 0 unspecified atom stereocenters. The van der Waals surface area contributed by atoms with Crippen molar-refractivity contribution in [3.63, 3.8) is 0 Å². The quantitative estimate of drug-likeness (QED) is 0.460. The standard InChI is InChI=1S/C21H19F3N6O2.ClH/c1-11-2-3-13(15(8-11)21(22,23)24)18-28-20(32-29-18)14-10-26-30-16(9-17(31)27-19(14)30)12-4-6-25-7-5-12;/h2-3,8-10,12,25H,4-7H2,1H3,(H,27,31);1H. The number of aromatic amines is 1. The number of nitrogens with one attached hydrogen (secondary N) is 2. The van der Waals surface area contributed by atoms with E-state index in [2.05, 4.69) is 25.5 Å². The smallest absolute Gasteiger partial charge is 0.333 e. The Labute approximate surface area is 191 Å². The largest absolute Gasteiger partial charge is 0.417 e. The van der Waals surface area contributed by atoms with Gasteiger partial charge in [-0.25, -0.2) is 4.52 Å². The average molecular weight is 481 g/mol. The molecular formula is C21H20ClF3N6O2. The maximum absolute atomic E-state index is 13.5. The van der Waals surface area contributed by atoms with Crippen LogP contribution in [0.5, 0.6) is 0 Å². The summed E-state index contributed by atoms with van der Waals surface area (Å²) in [4.78, 5) is 19.3. The monoisotopic (exact) mass is 480 g/mol. The zero-order chi connectivity index (χ0) is 22.5. The Morgan fingerprint density at radius 2 is 1.91 bits per heavy atom. The van der Waals surface area contributed by atoms with Crippen molar-refractivity contribution in [1.29, 1.82) is 0 Å². The summed E-state index contributed by atoms with van der Waals surface area (Å²) in [5, 5.41) is 11.4. The van der Waals surface area contributed by atoms with Gasteiger partial charge in [0, 0.05) is 17.5 Å². The molecule has 0 aliphatic carbocycles. The summed E-state index contributed by atoms with van der Waals surface area (Å²) in [5.74, 6) is -0.0562. The van der Waals surface area contributed by atoms with Gasteiger partial charge in [0.15, 0.2) is 0 Å². The average Bonchev–Trinajstić information content (AvgIpc) is 3.40. The first kappa shape index (κ1) is 23.0. The molecule has 1 aromatic carbocycles. The van der Waals surface area contributed by atoms with Crippen LogP contribution in [-0.2, 0) is 6.18 Å². The maximum Gasteiger partial charge on any atom is 0.417 e. The maximum atomic E-state index is 13.5. The van der Waals surface area contributed by atoms with E-state index in [4.69, 9.17) is 4.52 Å². The molecule has 1 fully saturated rings. The molecule has 3 aromatic heterocycles. The topological polar surface area (TPSA) is 101 Å². The van der Waals surface area contributed by atoms with E-state index in [0.29, 0.717) is 16.8 Å². The van der Waals surface area contributed by atoms with E-state index >= 15 is 0 Å². The summed E-state index contributed by atoms with van der Waals surface area (Å²) < 4.78 is 47.5. The molecule has 0 amide bonds. The molecule has 5 rings (SSSR count). The van der Waals surface area contributed by atoms with Crippen LogP contribution >= 0.6 is 12.4 Å². The van der Waals surface area contributed by atoms with E-state index in [-0.39, 0.29) is 41.2 Å². The van der Waals surface area contributed by atoms with Gasteiger partial charge in [-0.2, -0.15) is 23.3 Å². The van der Waals surface area contributed by atoms with Gasteiger partial charge in [-0.1, -0.05) is 22.9 Å². The van der Waals surface area contributed by atoms with Gasteiger partial charge in [0.1, 0.15) is 11.2 Å². The number of aromatic nitrogens is 5. The van der Waals surface area contributed by atoms with Crippen molar-refractivity contribution in [1.82, 2.24) is 30.1 Å². The second-order valence-electron chi connectivity index (χ2n) is 7.87. The zero-order valence-corrected chi connectivity index (χ0v) is 18.3. The molecule has 1 aliphatic heterocycles. The highest BCUT2D eigenvalue weighted by Crippen LogP contribution is 2.37. The second-order valence-corrected chi connectivity index (χ2v) is 7.87. The summed E-state index contributed by atoms with van der Waals surface area (Å²) in [6, 6.07) is 5.45. The summed E-state index contributed by atoms with van der Waals surface area (Å²) in [6.45, 7) is 3.27. The van der Waals surface area contributed by atoms with Gasteiger partial charge in [-0.3, -0.25) is 4.79 Å². The van der Waals surface area contributed by atoms with Gasteiger partial charge >= 0.3 is 6.18 Å². The molecule has 2 N–H and O–H groups in total. The van der Waals surface area contributed by atoms with Crippen molar-refractivity contribution in [2.24, 2.45) is 0 Å². The molecule has 0 bridgehead atoms. The molecule has 4 heterocycles. The van der Waals surface area contributed by atoms with E-state index in [9.17, 15) is 18.0 Å². The lowest BCUT2D eigenvalue weighted by Gasteiger charge is -2.23. The molecule has 0 atom stereocenters. The second kappa shape index (κ2) is 8.64. The van der Waals surface area contributed by atoms with Crippen molar-refractivity contribution < 1.29 is 17.7 Å². The van der Waals surface area contributed by atoms with Crippen LogP contribution in [0.1, 0.15) is 35.6 Å². The Kier molecular flexibility index (Phi) is 6.02. The summed E-state index contributed by atoms with van der Waals surface area (Å²) >= 11 is 0. The van der Waals surface area contributed by atoms with Crippen LogP contribution in [0.25, 0.3) is 28.5 Å². The minimum Gasteiger partial charge on any atom is -0.333 e. The molecule has 1 saturated heterocycles. The van der Waals surface area contributed by atoms with Gasteiger partial charge in [-0.05, 0) is 38.9 Å². The predicted octanol–water partition coefficient (Wildman–Crippen LogP) is 3.96. The van der Waals surface area contributed by atoms with Gasteiger partial charge in [0.25, 0.3) is 11.4 Å². The SMILES string of the molecule is Cc1ccc(-c2noc(-c3cnn4c(C5CCNCC5)cc(=O)[nH]c34)n2)c(C(F)(F)F)c1.Cl. The molecular weight excluding hydrogens is 461 g/mol. The fourth-order valence-corrected chi connectivity index (χ4v) is 4.11. The van der Waals surface area contributed by atoms with E-state index in [1.807, 2.05) is 0 Å². The number of hydrogen-bond acceptors (Lipinski definition) is 6. The lowest BCUT2D eigenvalue weighted by molar-refractivity contribution is -0.137. The summed E-state index contributed by atoms with van der Waals surface area (Å²) in [7, 11) is 0. The van der Waals surface area contributed by atoms with E-state index < -0.39 is 11.7 Å². The first-order valence-corrected chi connectivity index (χ1v) is 10.2. The Morgan fingerprint density at radius 1 is 1.15 bits per heavy atom. The Morgan fingerprint density at radius 3 is 2.64 bits per heavy atom. The minimum absolute atomic E-state index is 0. The molecule has 8 nitrogen and oxygen atoms in total. The van der Waals surface area contributed by atoms with Crippen LogP contribution in [0, 0.1) is 6.92 Å². The lowest BCUT2D eigenvalue weighted by atomic mass is 9.94. The summed E-state index contributed by atoms with van der Waals surface area (Å²) in [6.07, 6.45) is -1.37. The normalized spacial score (nSPS) is 15.0. The number of hydrogen-bond donors (Lipinski definition) is 2. The molecule has 174 valence electrons. The first-order chi connectivity index (χ1) is 15.3. The number of H-pyrrole nitrogens is 1. The van der Waals surface area contributed by atoms with Crippen molar-refractivity contribution in [3.05, 3.63) is 57.6 Å². The van der Waals surface area contributed by atoms with E-state index in [1.165, 1.54) is 18.3 Å². The van der Waals surface area contributed by atoms with Crippen molar-refractivity contribution in [2.45, 2.75) is 31.9 Å². The molecule has 0 radical (unpaired) electrons. The highest BCUT2D eigenvalue weighted by molar-refractivity contribution is 5.85. The Hall–Kier alpha value is -3.18. The number of aryl methyl sites for hydroxylation is 1. The van der Waals surface area contributed by atoms with Crippen LogP contribution in [0.4, 0.5) is 13.2 Å². The molecule has 33 heavy (non-hydrogen) atoms. The van der Waals surface area contributed by atoms with Gasteiger partial charge in [-0.15, -0.1) is 12.4 Å². The predicted molar refractivity (Wildman–Crippen MR) is 116 cm³/mol. The molecule has 0 saturated carbocycles. The number of halogens is 4. The van der Waals surface area contributed by atoms with Crippen LogP contribution in [0.2, 0.25) is 0 Å². The highest BCUT2D eigenvalue weighted by atomic mass is 35.5. The molecule has 12 heteroatoms.